The van der Waals surface area contributed by atoms with Gasteiger partial charge in [-0.05, 0) is 29.7 Å². The number of benzene rings is 2. The van der Waals surface area contributed by atoms with E-state index in [9.17, 15) is 13.2 Å². The van der Waals surface area contributed by atoms with E-state index in [0.29, 0.717) is 5.69 Å². The smallest absolute Gasteiger partial charge is 0.167 e. The lowest BCUT2D eigenvalue weighted by molar-refractivity contribution is -0.596. The van der Waals surface area contributed by atoms with Gasteiger partial charge in [-0.2, -0.15) is 22.3 Å². The number of halogens is 3. The lowest BCUT2D eigenvalue weighted by atomic mass is 10.1. The Hall–Kier alpha value is -3.47. The van der Waals surface area contributed by atoms with E-state index in [4.69, 9.17) is 0 Å². The Morgan fingerprint density at radius 1 is 0.633 bits per heavy atom. The van der Waals surface area contributed by atoms with Crippen LogP contribution in [0.5, 0.6) is 0 Å². The van der Waals surface area contributed by atoms with Crippen LogP contribution in [0.25, 0.3) is 22.5 Å². The molecule has 0 bridgehead atoms. The summed E-state index contributed by atoms with van der Waals surface area (Å²) in [6.45, 7) is 2.06. The second-order valence-corrected chi connectivity index (χ2v) is 6.88. The topological polar surface area (TPSA) is 7.76 Å². The van der Waals surface area contributed by atoms with Crippen LogP contribution in [0.2, 0.25) is 0 Å². The highest BCUT2D eigenvalue weighted by molar-refractivity contribution is 5.61. The van der Waals surface area contributed by atoms with Crippen LogP contribution in [-0.4, -0.2) is 0 Å². The van der Waals surface area contributed by atoms with Crippen molar-refractivity contribution in [3.63, 3.8) is 0 Å². The maximum absolute atomic E-state index is 12.9. The van der Waals surface area contributed by atoms with Crippen molar-refractivity contribution in [1.82, 2.24) is 0 Å². The number of rotatable bonds is 3. The Kier molecular flexibility index (Phi) is 6.01. The molecule has 4 rings (SSSR count). The summed E-state index contributed by atoms with van der Waals surface area (Å²) >= 11 is 0. The first-order valence-electron chi connectivity index (χ1n) is 9.18. The van der Waals surface area contributed by atoms with Gasteiger partial charge in [0.05, 0.1) is 5.56 Å². The van der Waals surface area contributed by atoms with Gasteiger partial charge >= 0.3 is 6.18 Å². The second-order valence-electron chi connectivity index (χ2n) is 6.88. The quantitative estimate of drug-likeness (QED) is 0.375. The largest absolute Gasteiger partial charge is 0.416 e. The maximum atomic E-state index is 12.9. The Labute approximate surface area is 174 Å². The Morgan fingerprint density at radius 3 is 1.57 bits per heavy atom. The first-order valence-corrected chi connectivity index (χ1v) is 9.18. The van der Waals surface area contributed by atoms with Crippen LogP contribution < -0.4 is 9.13 Å². The minimum Gasteiger partial charge on any atom is -0.167 e. The van der Waals surface area contributed by atoms with Gasteiger partial charge in [0, 0.05) is 48.5 Å². The molecule has 0 spiro atoms. The molecule has 0 fully saturated rings. The van der Waals surface area contributed by atoms with Crippen LogP contribution in [0.3, 0.4) is 0 Å². The summed E-state index contributed by atoms with van der Waals surface area (Å²) < 4.78 is 42.5. The molecule has 0 aliphatic heterocycles. The molecule has 5 heteroatoms. The lowest BCUT2D eigenvalue weighted by Gasteiger charge is -2.06. The number of nitrogens with zero attached hydrogens (tertiary/aromatic N) is 2. The molecule has 2 aromatic carbocycles. The molecule has 2 heterocycles. The molecule has 0 atom stereocenters. The number of alkyl halides is 3. The number of pyridine rings is 2. The normalized spacial score (nSPS) is 11.1. The molecular formula is C25H23F3N2+2. The highest BCUT2D eigenvalue weighted by Gasteiger charge is 2.31. The van der Waals surface area contributed by atoms with Crippen molar-refractivity contribution in [2.45, 2.75) is 20.5 Å². The third-order valence-electron chi connectivity index (χ3n) is 4.76. The predicted octanol–water partition coefficient (Wildman–Crippen LogP) is 5.87. The van der Waals surface area contributed by atoms with Crippen molar-refractivity contribution in [1.29, 1.82) is 0 Å². The van der Waals surface area contributed by atoms with Gasteiger partial charge in [-0.1, -0.05) is 25.6 Å². The van der Waals surface area contributed by atoms with Gasteiger partial charge in [-0.25, -0.2) is 0 Å². The monoisotopic (exact) mass is 408 g/mol. The third-order valence-corrected chi connectivity index (χ3v) is 4.76. The van der Waals surface area contributed by atoms with Crippen molar-refractivity contribution < 1.29 is 22.3 Å². The van der Waals surface area contributed by atoms with Crippen LogP contribution in [-0.2, 0) is 6.18 Å². The van der Waals surface area contributed by atoms with E-state index in [1.807, 2.05) is 53.4 Å². The average Bonchev–Trinajstić information content (AvgIpc) is 2.74. The lowest BCUT2D eigenvalue weighted by Crippen LogP contribution is -2.30. The molecular weight excluding hydrogens is 385 g/mol. The summed E-state index contributed by atoms with van der Waals surface area (Å²) in [5.74, 6) is 0. The summed E-state index contributed by atoms with van der Waals surface area (Å²) in [5.41, 5.74) is 4.12. The van der Waals surface area contributed by atoms with Crippen LogP contribution >= 0.6 is 0 Å². The Bertz CT molecular complexity index is 1130. The van der Waals surface area contributed by atoms with Crippen molar-refractivity contribution in [2.75, 3.05) is 0 Å². The van der Waals surface area contributed by atoms with Crippen molar-refractivity contribution >= 4 is 0 Å². The Balaban J connectivity index is 0.00000256. The molecule has 2 nitrogen and oxygen atoms in total. The average molecular weight is 408 g/mol. The van der Waals surface area contributed by atoms with Gasteiger partial charge in [-0.15, -0.1) is 0 Å². The molecule has 0 radical (unpaired) electrons. The number of aromatic nitrogens is 2. The van der Waals surface area contributed by atoms with Gasteiger partial charge in [-0.3, -0.25) is 0 Å². The zero-order valence-corrected chi connectivity index (χ0v) is 15.8. The van der Waals surface area contributed by atoms with E-state index in [0.717, 1.165) is 28.9 Å². The Morgan fingerprint density at radius 2 is 1.10 bits per heavy atom. The molecule has 0 aliphatic carbocycles. The maximum Gasteiger partial charge on any atom is 0.416 e. The summed E-state index contributed by atoms with van der Waals surface area (Å²) in [7, 11) is 0. The zero-order chi connectivity index (χ0) is 20.4. The summed E-state index contributed by atoms with van der Waals surface area (Å²) in [6.07, 6.45) is 3.18. The fourth-order valence-electron chi connectivity index (χ4n) is 3.21. The van der Waals surface area contributed by atoms with Crippen LogP contribution in [0, 0.1) is 6.92 Å². The fourth-order valence-corrected chi connectivity index (χ4v) is 3.21. The van der Waals surface area contributed by atoms with E-state index < -0.39 is 11.7 Å². The first kappa shape index (κ1) is 21.2. The minimum atomic E-state index is -4.35. The SMILES string of the molecule is C.Cc1cccc(-[n+]2ccc(-c3cc[n+](-c4cccc(C(F)(F)F)c4)cc3)cc2)c1. The van der Waals surface area contributed by atoms with Gasteiger partial charge in [0.2, 0.25) is 11.4 Å². The molecule has 152 valence electrons. The number of hydrogen-bond acceptors (Lipinski definition) is 0. The molecule has 0 unspecified atom stereocenters. The molecule has 0 aliphatic rings. The van der Waals surface area contributed by atoms with Crippen LogP contribution in [0.1, 0.15) is 18.6 Å². The summed E-state index contributed by atoms with van der Waals surface area (Å²) in [6, 6.07) is 21.4. The standard InChI is InChI=1S/C24H19F3N2.CH4/c1-18-4-2-6-22(16-18)28-12-8-19(9-13-28)20-10-14-29(15-11-20)23-7-3-5-21(17-23)24(25,26)27;/h2-17H,1H3;1H4/q+2;. The summed E-state index contributed by atoms with van der Waals surface area (Å²) in [4.78, 5) is 0. The highest BCUT2D eigenvalue weighted by atomic mass is 19.4. The summed E-state index contributed by atoms with van der Waals surface area (Å²) in [5, 5.41) is 0. The van der Waals surface area contributed by atoms with E-state index in [1.54, 1.807) is 23.0 Å². The van der Waals surface area contributed by atoms with E-state index in [2.05, 4.69) is 19.1 Å². The predicted molar refractivity (Wildman–Crippen MR) is 111 cm³/mol. The first-order chi connectivity index (χ1) is 13.9. The van der Waals surface area contributed by atoms with Gasteiger partial charge < -0.3 is 0 Å². The highest BCUT2D eigenvalue weighted by Crippen LogP contribution is 2.29. The third kappa shape index (κ3) is 4.57. The zero-order valence-electron chi connectivity index (χ0n) is 15.8. The molecule has 2 aromatic heterocycles. The van der Waals surface area contributed by atoms with Crippen molar-refractivity contribution in [3.05, 3.63) is 109 Å². The second kappa shape index (κ2) is 8.49. The molecule has 0 saturated carbocycles. The molecule has 30 heavy (non-hydrogen) atoms. The van der Waals surface area contributed by atoms with E-state index >= 15 is 0 Å². The molecule has 0 saturated heterocycles. The van der Waals surface area contributed by atoms with Gasteiger partial charge in [0.1, 0.15) is 0 Å². The van der Waals surface area contributed by atoms with Crippen molar-refractivity contribution in [2.24, 2.45) is 0 Å². The van der Waals surface area contributed by atoms with Gasteiger partial charge in [0.15, 0.2) is 24.8 Å². The van der Waals surface area contributed by atoms with Crippen LogP contribution in [0.15, 0.2) is 97.6 Å². The van der Waals surface area contributed by atoms with Gasteiger partial charge in [0.25, 0.3) is 0 Å². The van der Waals surface area contributed by atoms with Crippen LogP contribution in [0.4, 0.5) is 13.2 Å². The number of hydrogen-bond donors (Lipinski definition) is 0. The van der Waals surface area contributed by atoms with E-state index in [-0.39, 0.29) is 7.43 Å². The molecule has 0 N–H and O–H groups in total. The van der Waals surface area contributed by atoms with E-state index in [1.165, 1.54) is 11.6 Å². The molecule has 4 aromatic rings. The van der Waals surface area contributed by atoms with Crippen molar-refractivity contribution in [3.8, 4) is 22.5 Å². The minimum absolute atomic E-state index is 0. The molecule has 0 amide bonds. The number of aryl methyl sites for hydroxylation is 1. The fraction of sp³-hybridized carbons (Fsp3) is 0.120.